The summed E-state index contributed by atoms with van der Waals surface area (Å²) >= 11 is 0. The van der Waals surface area contributed by atoms with Crippen LogP contribution in [-0.4, -0.2) is 67.6 Å². The molecule has 2 fully saturated rings. The van der Waals surface area contributed by atoms with Gasteiger partial charge in [-0.3, -0.25) is 4.79 Å². The van der Waals surface area contributed by atoms with Gasteiger partial charge in [0.05, 0.1) is 13.2 Å². The maximum Gasteiger partial charge on any atom is 0.407 e. The molecule has 2 aromatic carbocycles. The molecule has 2 aromatic rings. The Morgan fingerprint density at radius 2 is 1.78 bits per heavy atom. The van der Waals surface area contributed by atoms with Crippen LogP contribution in [0.25, 0.3) is 0 Å². The molecule has 0 aromatic heterocycles. The van der Waals surface area contributed by atoms with E-state index in [0.29, 0.717) is 13.0 Å². The van der Waals surface area contributed by atoms with Gasteiger partial charge in [0, 0.05) is 19.0 Å². The summed E-state index contributed by atoms with van der Waals surface area (Å²) in [5, 5.41) is 13.6. The Labute approximate surface area is 209 Å². The number of hydrogen-bond donors (Lipinski definition) is 2. The Hall–Kier alpha value is -3.02. The summed E-state index contributed by atoms with van der Waals surface area (Å²) in [7, 11) is 0. The number of carbonyl (C=O) groups is 2. The van der Waals surface area contributed by atoms with E-state index in [9.17, 15) is 14.7 Å². The Morgan fingerprint density at radius 3 is 2.50 bits per heavy atom. The fourth-order valence-corrected chi connectivity index (χ4v) is 4.03. The fraction of sp³-hybridized carbons (Fsp3) is 0.462. The molecule has 0 bridgehead atoms. The lowest BCUT2D eigenvalue weighted by molar-refractivity contribution is -0.361. The van der Waals surface area contributed by atoms with E-state index in [4.69, 9.17) is 28.4 Å². The minimum Gasteiger partial charge on any atom is -0.454 e. The molecular formula is C26H31NO9. The Kier molecular flexibility index (Phi) is 9.26. The van der Waals surface area contributed by atoms with Crippen LogP contribution in [0.5, 0.6) is 0 Å². The SMILES string of the molecule is CC(=O)OC1[C@@H](OCCCNC(=O)OCc2ccccc2)OC2COC(c3ccccc3)O[C@H]2[C@@H]1O. The van der Waals surface area contributed by atoms with Gasteiger partial charge in [-0.2, -0.15) is 0 Å². The first-order valence-corrected chi connectivity index (χ1v) is 11.9. The van der Waals surface area contributed by atoms with Gasteiger partial charge in [0.1, 0.15) is 24.9 Å². The van der Waals surface area contributed by atoms with Crippen LogP contribution in [0.15, 0.2) is 60.7 Å². The van der Waals surface area contributed by atoms with Crippen LogP contribution >= 0.6 is 0 Å². The van der Waals surface area contributed by atoms with Crippen LogP contribution in [0.3, 0.4) is 0 Å². The van der Waals surface area contributed by atoms with E-state index in [0.717, 1.165) is 11.1 Å². The van der Waals surface area contributed by atoms with E-state index in [1.165, 1.54) is 6.92 Å². The van der Waals surface area contributed by atoms with Crippen molar-refractivity contribution in [2.75, 3.05) is 19.8 Å². The third kappa shape index (κ3) is 7.02. The number of carbonyl (C=O) groups excluding carboxylic acids is 2. The molecule has 0 aliphatic carbocycles. The summed E-state index contributed by atoms with van der Waals surface area (Å²) in [6.07, 6.45) is -5.42. The number of amides is 1. The Bertz CT molecular complexity index is 974. The predicted octanol–water partition coefficient (Wildman–Crippen LogP) is 2.45. The second-order valence-corrected chi connectivity index (χ2v) is 8.50. The molecule has 1 amide bonds. The molecule has 2 aliphatic heterocycles. The van der Waals surface area contributed by atoms with Gasteiger partial charge in [0.2, 0.25) is 0 Å². The minimum absolute atomic E-state index is 0.169. The van der Waals surface area contributed by atoms with E-state index in [-0.39, 0.29) is 19.8 Å². The second-order valence-electron chi connectivity index (χ2n) is 8.50. The summed E-state index contributed by atoms with van der Waals surface area (Å²) in [5.41, 5.74) is 1.70. The second kappa shape index (κ2) is 12.8. The number of rotatable bonds is 9. The van der Waals surface area contributed by atoms with Gasteiger partial charge in [0.15, 0.2) is 18.7 Å². The first-order chi connectivity index (χ1) is 17.5. The minimum atomic E-state index is -1.18. The lowest BCUT2D eigenvalue weighted by Gasteiger charge is -2.47. The van der Waals surface area contributed by atoms with E-state index in [2.05, 4.69) is 5.32 Å². The average molecular weight is 502 g/mol. The number of fused-ring (bicyclic) bond motifs is 1. The van der Waals surface area contributed by atoms with Crippen molar-refractivity contribution < 1.29 is 43.1 Å². The maximum atomic E-state index is 11.9. The largest absolute Gasteiger partial charge is 0.454 e. The zero-order chi connectivity index (χ0) is 25.3. The average Bonchev–Trinajstić information content (AvgIpc) is 2.90. The maximum absolute atomic E-state index is 11.9. The normalized spacial score (nSPS) is 27.5. The van der Waals surface area contributed by atoms with Gasteiger partial charge in [-0.15, -0.1) is 0 Å². The summed E-state index contributed by atoms with van der Waals surface area (Å²) in [5.74, 6) is -0.579. The number of hydrogen-bond acceptors (Lipinski definition) is 9. The fourth-order valence-electron chi connectivity index (χ4n) is 4.03. The first-order valence-electron chi connectivity index (χ1n) is 11.9. The highest BCUT2D eigenvalue weighted by Crippen LogP contribution is 2.35. The number of benzene rings is 2. The van der Waals surface area contributed by atoms with Crippen molar-refractivity contribution in [1.29, 1.82) is 0 Å². The quantitative estimate of drug-likeness (QED) is 0.394. The van der Waals surface area contributed by atoms with Crippen LogP contribution in [0, 0.1) is 0 Å². The topological polar surface area (TPSA) is 122 Å². The molecule has 6 atom stereocenters. The van der Waals surface area contributed by atoms with Crippen LogP contribution in [-0.2, 0) is 39.8 Å². The number of aliphatic hydroxyl groups excluding tert-OH is 1. The lowest BCUT2D eigenvalue weighted by Crippen LogP contribution is -2.63. The van der Waals surface area contributed by atoms with Gasteiger partial charge in [-0.25, -0.2) is 4.79 Å². The number of esters is 1. The van der Waals surface area contributed by atoms with Crippen molar-refractivity contribution >= 4 is 12.1 Å². The molecule has 0 saturated carbocycles. The van der Waals surface area contributed by atoms with Gasteiger partial charge in [0.25, 0.3) is 0 Å². The van der Waals surface area contributed by atoms with Crippen molar-refractivity contribution in [2.24, 2.45) is 0 Å². The molecule has 2 saturated heterocycles. The van der Waals surface area contributed by atoms with Gasteiger partial charge < -0.3 is 38.8 Å². The number of alkyl carbamates (subject to hydrolysis) is 1. The molecule has 194 valence electrons. The van der Waals surface area contributed by atoms with Crippen LogP contribution in [0.1, 0.15) is 30.8 Å². The molecule has 36 heavy (non-hydrogen) atoms. The zero-order valence-electron chi connectivity index (χ0n) is 20.0. The number of aliphatic hydroxyl groups is 1. The molecule has 0 spiro atoms. The molecule has 2 N–H and O–H groups in total. The van der Waals surface area contributed by atoms with Crippen molar-refractivity contribution in [1.82, 2.24) is 5.32 Å². The molecule has 0 radical (unpaired) electrons. The van der Waals surface area contributed by atoms with E-state index in [1.54, 1.807) is 0 Å². The van der Waals surface area contributed by atoms with Crippen LogP contribution in [0.2, 0.25) is 0 Å². The summed E-state index contributed by atoms with van der Waals surface area (Å²) < 4.78 is 34.0. The lowest BCUT2D eigenvalue weighted by atomic mass is 9.97. The van der Waals surface area contributed by atoms with Crippen LogP contribution < -0.4 is 5.32 Å². The van der Waals surface area contributed by atoms with Crippen molar-refractivity contribution in [2.45, 2.75) is 56.9 Å². The van der Waals surface area contributed by atoms with Crippen LogP contribution in [0.4, 0.5) is 4.79 Å². The third-order valence-corrected chi connectivity index (χ3v) is 5.77. The van der Waals surface area contributed by atoms with Gasteiger partial charge >= 0.3 is 12.1 Å². The highest BCUT2D eigenvalue weighted by atomic mass is 16.8. The van der Waals surface area contributed by atoms with Crippen molar-refractivity contribution in [3.05, 3.63) is 71.8 Å². The number of ether oxygens (including phenoxy) is 6. The van der Waals surface area contributed by atoms with Crippen molar-refractivity contribution in [3.8, 4) is 0 Å². The van der Waals surface area contributed by atoms with E-state index < -0.39 is 49.1 Å². The molecule has 4 rings (SSSR count). The summed E-state index contributed by atoms with van der Waals surface area (Å²) in [6.45, 7) is 2.08. The number of nitrogens with one attached hydrogen (secondary N) is 1. The monoisotopic (exact) mass is 501 g/mol. The first kappa shape index (κ1) is 26.1. The van der Waals surface area contributed by atoms with Crippen molar-refractivity contribution in [3.63, 3.8) is 0 Å². The molecular weight excluding hydrogens is 470 g/mol. The summed E-state index contributed by atoms with van der Waals surface area (Å²) in [6, 6.07) is 18.7. The van der Waals surface area contributed by atoms with E-state index in [1.807, 2.05) is 60.7 Å². The Balaban J connectivity index is 1.24. The van der Waals surface area contributed by atoms with Gasteiger partial charge in [-0.1, -0.05) is 60.7 Å². The smallest absolute Gasteiger partial charge is 0.407 e. The highest BCUT2D eigenvalue weighted by molar-refractivity contribution is 5.67. The molecule has 2 heterocycles. The van der Waals surface area contributed by atoms with Gasteiger partial charge in [-0.05, 0) is 12.0 Å². The molecule has 10 heteroatoms. The third-order valence-electron chi connectivity index (χ3n) is 5.77. The molecule has 10 nitrogen and oxygen atoms in total. The predicted molar refractivity (Wildman–Crippen MR) is 125 cm³/mol. The zero-order valence-corrected chi connectivity index (χ0v) is 20.0. The summed E-state index contributed by atoms with van der Waals surface area (Å²) in [4.78, 5) is 23.6. The highest BCUT2D eigenvalue weighted by Gasteiger charge is 2.51. The van der Waals surface area contributed by atoms with E-state index >= 15 is 0 Å². The standard InChI is InChI=1S/C26H31NO9/c1-17(28)34-23-21(29)22-20(16-32-24(36-22)19-11-6-3-7-12-19)35-25(23)31-14-8-13-27-26(30)33-15-18-9-4-2-5-10-18/h2-7,9-12,20-25,29H,8,13-16H2,1H3,(H,27,30)/t20?,21-,22+,23?,24?,25-/m0/s1. The Morgan fingerprint density at radius 1 is 1.06 bits per heavy atom. The molecule has 3 unspecified atom stereocenters. The molecule has 2 aliphatic rings.